The molecule has 0 aliphatic carbocycles. The highest BCUT2D eigenvalue weighted by molar-refractivity contribution is 8.06. The maximum Gasteiger partial charge on any atom is 0.423 e. The highest BCUT2D eigenvalue weighted by atomic mass is 32.4. The predicted molar refractivity (Wildman–Crippen MR) is 126 cm³/mol. The summed E-state index contributed by atoms with van der Waals surface area (Å²) in [5.74, 6) is 0. The van der Waals surface area contributed by atoms with Gasteiger partial charge in [0.05, 0.1) is 25.5 Å². The summed E-state index contributed by atoms with van der Waals surface area (Å²) in [5.41, 5.74) is 2.43. The average molecular weight is 424 g/mol. The van der Waals surface area contributed by atoms with Crippen LogP contribution in [0.2, 0.25) is 0 Å². The second kappa shape index (κ2) is 9.98. The summed E-state index contributed by atoms with van der Waals surface area (Å²) in [4.78, 5) is 2.58. The lowest BCUT2D eigenvalue weighted by Crippen LogP contribution is -2.19. The molecule has 0 saturated heterocycles. The van der Waals surface area contributed by atoms with Crippen molar-refractivity contribution in [2.45, 2.75) is 48.0 Å². The van der Waals surface area contributed by atoms with Crippen molar-refractivity contribution in [3.05, 3.63) is 48.5 Å². The van der Waals surface area contributed by atoms with E-state index in [9.17, 15) is 0 Å². The highest BCUT2D eigenvalue weighted by Gasteiger charge is 2.29. The van der Waals surface area contributed by atoms with E-state index in [4.69, 9.17) is 11.8 Å². The van der Waals surface area contributed by atoms with Gasteiger partial charge < -0.3 is 0 Å². The zero-order chi connectivity index (χ0) is 19.3. The Labute approximate surface area is 173 Å². The van der Waals surface area contributed by atoms with Crippen LogP contribution < -0.4 is 9.34 Å². The Morgan fingerprint density at radius 2 is 1.08 bits per heavy atom. The van der Waals surface area contributed by atoms with E-state index >= 15 is 0 Å². The van der Waals surface area contributed by atoms with Gasteiger partial charge in [-0.05, 0) is 24.3 Å². The molecule has 140 valence electrons. The van der Waals surface area contributed by atoms with E-state index in [0.717, 1.165) is 0 Å². The summed E-state index contributed by atoms with van der Waals surface area (Å²) >= 11 is 9.77. The van der Waals surface area contributed by atoms with Crippen molar-refractivity contribution in [2.75, 3.05) is 23.4 Å². The standard InChI is InChI=1S/C20H28N2PS3/c1-15(2)25-19-13-9-7-11-17(19)21(5)23(24)22(6)18-12-8-10-14-20(18)26-16(3)4/h7-16H,1-6H3/q+1. The number of thioether (sulfide) groups is 2. The van der Waals surface area contributed by atoms with Gasteiger partial charge in [-0.3, -0.25) is 0 Å². The van der Waals surface area contributed by atoms with Crippen LogP contribution in [0.25, 0.3) is 0 Å². The van der Waals surface area contributed by atoms with Crippen molar-refractivity contribution in [3.8, 4) is 0 Å². The third kappa shape index (κ3) is 5.63. The molecule has 0 aliphatic rings. The maximum absolute atomic E-state index is 5.99. The fourth-order valence-corrected chi connectivity index (χ4v) is 6.31. The maximum atomic E-state index is 5.99. The molecule has 0 atom stereocenters. The van der Waals surface area contributed by atoms with Crippen molar-refractivity contribution in [2.24, 2.45) is 0 Å². The normalized spacial score (nSPS) is 11.1. The minimum Gasteiger partial charge on any atom is -0.171 e. The highest BCUT2D eigenvalue weighted by Crippen LogP contribution is 2.45. The van der Waals surface area contributed by atoms with E-state index < -0.39 is 7.00 Å². The van der Waals surface area contributed by atoms with Crippen LogP contribution in [0.1, 0.15) is 27.7 Å². The first-order chi connectivity index (χ1) is 12.3. The Morgan fingerprint density at radius 1 is 0.731 bits per heavy atom. The van der Waals surface area contributed by atoms with Crippen LogP contribution in [0, 0.1) is 0 Å². The summed E-state index contributed by atoms with van der Waals surface area (Å²) in [7, 11) is 4.24. The summed E-state index contributed by atoms with van der Waals surface area (Å²) in [5, 5.41) is 1.09. The number of hydrogen-bond acceptors (Lipinski definition) is 3. The molecule has 2 rings (SSSR count). The van der Waals surface area contributed by atoms with E-state index in [2.05, 4.69) is 99.7 Å². The Bertz CT molecular complexity index is 688. The number of nitrogens with zero attached hydrogens (tertiary/aromatic N) is 2. The molecule has 0 radical (unpaired) electrons. The third-order valence-corrected chi connectivity index (χ3v) is 8.73. The topological polar surface area (TPSA) is 6.48 Å². The van der Waals surface area contributed by atoms with Gasteiger partial charge in [-0.1, -0.05) is 52.0 Å². The lowest BCUT2D eigenvalue weighted by Gasteiger charge is -2.21. The minimum atomic E-state index is -0.915. The monoisotopic (exact) mass is 423 g/mol. The summed E-state index contributed by atoms with van der Waals surface area (Å²) < 4.78 is 4.51. The van der Waals surface area contributed by atoms with E-state index in [0.29, 0.717) is 10.5 Å². The molecule has 2 aromatic rings. The largest absolute Gasteiger partial charge is 0.423 e. The number of hydrogen-bond donors (Lipinski definition) is 0. The molecule has 0 N–H and O–H groups in total. The lowest BCUT2D eigenvalue weighted by molar-refractivity contribution is 1.10. The Hall–Kier alpha value is -0.740. The molecule has 0 amide bonds. The number of rotatable bonds is 8. The summed E-state index contributed by atoms with van der Waals surface area (Å²) in [6, 6.07) is 17.1. The van der Waals surface area contributed by atoms with Gasteiger partial charge >= 0.3 is 7.00 Å². The fourth-order valence-electron chi connectivity index (χ4n) is 2.54. The van der Waals surface area contributed by atoms with E-state index in [1.54, 1.807) is 0 Å². The molecule has 0 heterocycles. The average Bonchev–Trinajstić information content (AvgIpc) is 2.60. The molecule has 0 fully saturated rings. The second-order valence-electron chi connectivity index (χ2n) is 6.57. The van der Waals surface area contributed by atoms with E-state index in [1.807, 2.05) is 23.5 Å². The van der Waals surface area contributed by atoms with Gasteiger partial charge in [0.25, 0.3) is 0 Å². The fraction of sp³-hybridized carbons (Fsp3) is 0.400. The second-order valence-corrected chi connectivity index (χ2v) is 12.5. The van der Waals surface area contributed by atoms with Gasteiger partial charge in [0.15, 0.2) is 0 Å². The molecular formula is C20H28N2PS3+. The smallest absolute Gasteiger partial charge is 0.171 e. The minimum absolute atomic E-state index is 0.543. The van der Waals surface area contributed by atoms with Crippen molar-refractivity contribution in [3.63, 3.8) is 0 Å². The van der Waals surface area contributed by atoms with Crippen LogP contribution in [0.15, 0.2) is 58.3 Å². The lowest BCUT2D eigenvalue weighted by atomic mass is 10.3. The molecule has 26 heavy (non-hydrogen) atoms. The van der Waals surface area contributed by atoms with E-state index in [1.165, 1.54) is 21.2 Å². The van der Waals surface area contributed by atoms with Gasteiger partial charge in [-0.25, -0.2) is 0 Å². The third-order valence-electron chi connectivity index (χ3n) is 3.67. The molecule has 0 bridgehead atoms. The molecule has 6 heteroatoms. The van der Waals surface area contributed by atoms with Crippen molar-refractivity contribution >= 4 is 53.7 Å². The van der Waals surface area contributed by atoms with Crippen LogP contribution in [0.4, 0.5) is 11.4 Å². The van der Waals surface area contributed by atoms with Crippen molar-refractivity contribution < 1.29 is 0 Å². The zero-order valence-corrected chi connectivity index (χ0v) is 19.7. The van der Waals surface area contributed by atoms with Gasteiger partial charge in [-0.2, -0.15) is 9.34 Å². The Balaban J connectivity index is 2.29. The number of anilines is 2. The number of benzene rings is 2. The van der Waals surface area contributed by atoms with Crippen LogP contribution in [0.5, 0.6) is 0 Å². The van der Waals surface area contributed by atoms with Gasteiger partial charge in [0, 0.05) is 20.3 Å². The molecule has 0 aliphatic heterocycles. The molecule has 2 nitrogen and oxygen atoms in total. The SMILES string of the molecule is CC(C)Sc1ccccc1N(C)[P+](=S)N(C)c1ccccc1SC(C)C. The first kappa shape index (κ1) is 21.6. The van der Waals surface area contributed by atoms with Crippen LogP contribution in [0.3, 0.4) is 0 Å². The molecule has 0 spiro atoms. The van der Waals surface area contributed by atoms with Gasteiger partial charge in [0.2, 0.25) is 11.8 Å². The molecular weight excluding hydrogens is 395 g/mol. The van der Waals surface area contributed by atoms with Gasteiger partial charge in [0.1, 0.15) is 0 Å². The summed E-state index contributed by atoms with van der Waals surface area (Å²) in [6.45, 7) is 7.99. The van der Waals surface area contributed by atoms with Crippen LogP contribution >= 0.6 is 30.5 Å². The zero-order valence-electron chi connectivity index (χ0n) is 16.3. The molecule has 0 aromatic heterocycles. The predicted octanol–water partition coefficient (Wildman–Crippen LogP) is 7.03. The molecule has 2 aromatic carbocycles. The molecule has 0 unspecified atom stereocenters. The Morgan fingerprint density at radius 3 is 1.42 bits per heavy atom. The first-order valence-corrected chi connectivity index (χ1v) is 12.8. The number of para-hydroxylation sites is 2. The first-order valence-electron chi connectivity index (χ1n) is 8.77. The van der Waals surface area contributed by atoms with Gasteiger partial charge in [-0.15, -0.1) is 23.5 Å². The Kier molecular flexibility index (Phi) is 8.28. The van der Waals surface area contributed by atoms with Crippen molar-refractivity contribution in [1.82, 2.24) is 0 Å². The van der Waals surface area contributed by atoms with Crippen molar-refractivity contribution in [1.29, 1.82) is 0 Å². The quantitative estimate of drug-likeness (QED) is 0.331. The van der Waals surface area contributed by atoms with Crippen LogP contribution in [-0.4, -0.2) is 24.6 Å². The molecule has 0 saturated carbocycles. The van der Waals surface area contributed by atoms with Crippen LogP contribution in [-0.2, 0) is 11.8 Å². The summed E-state index contributed by atoms with van der Waals surface area (Å²) in [6.07, 6.45) is 0. The van der Waals surface area contributed by atoms with E-state index in [-0.39, 0.29) is 0 Å².